The van der Waals surface area contributed by atoms with Gasteiger partial charge in [-0.1, -0.05) is 380 Å². The fraction of sp³-hybridized carbons (Fsp3) is 0.933. The first kappa shape index (κ1) is 79.2. The number of hydrogen-bond donors (Lipinski definition) is 0. The summed E-state index contributed by atoms with van der Waals surface area (Å²) in [6.07, 6.45) is 85.5. The van der Waals surface area contributed by atoms with E-state index in [2.05, 4.69) is 32.9 Å². The molecule has 6 nitrogen and oxygen atoms in total. The fourth-order valence-electron chi connectivity index (χ4n) is 11.7. The van der Waals surface area contributed by atoms with Gasteiger partial charge in [-0.05, 0) is 44.9 Å². The zero-order valence-corrected chi connectivity index (χ0v) is 55.4. The Kier molecular flexibility index (Phi) is 69.0. The molecule has 0 saturated carbocycles. The minimum absolute atomic E-state index is 0.0638. The monoisotopic (exact) mass is 1140 g/mol. The number of rotatable bonds is 70. The molecule has 1 atom stereocenters. The summed E-state index contributed by atoms with van der Waals surface area (Å²) >= 11 is 0. The lowest BCUT2D eigenvalue weighted by Gasteiger charge is -2.18. The molecule has 0 bridgehead atoms. The summed E-state index contributed by atoms with van der Waals surface area (Å²) in [7, 11) is 0. The maximum absolute atomic E-state index is 12.9. The van der Waals surface area contributed by atoms with Crippen molar-refractivity contribution in [3.8, 4) is 0 Å². The summed E-state index contributed by atoms with van der Waals surface area (Å²) in [5.74, 6) is -0.830. The van der Waals surface area contributed by atoms with Gasteiger partial charge in [0.2, 0.25) is 0 Å². The van der Waals surface area contributed by atoms with Gasteiger partial charge < -0.3 is 14.2 Å². The van der Waals surface area contributed by atoms with Crippen LogP contribution >= 0.6 is 0 Å². The average molecular weight is 1140 g/mol. The first-order chi connectivity index (χ1) is 40.0. The van der Waals surface area contributed by atoms with Crippen molar-refractivity contribution in [3.63, 3.8) is 0 Å². The van der Waals surface area contributed by atoms with E-state index in [4.69, 9.17) is 14.2 Å². The van der Waals surface area contributed by atoms with E-state index in [0.717, 1.165) is 57.8 Å². The third-order valence-corrected chi connectivity index (χ3v) is 17.3. The molecule has 0 aromatic rings. The van der Waals surface area contributed by atoms with Crippen LogP contribution in [0.25, 0.3) is 0 Å². The van der Waals surface area contributed by atoms with Crippen molar-refractivity contribution in [2.45, 2.75) is 438 Å². The van der Waals surface area contributed by atoms with Gasteiger partial charge in [0.15, 0.2) is 6.10 Å². The molecule has 0 N–H and O–H groups in total. The van der Waals surface area contributed by atoms with Crippen LogP contribution < -0.4 is 0 Å². The Morgan fingerprint density at radius 1 is 0.235 bits per heavy atom. The molecular formula is C75H144O6. The molecule has 0 aliphatic rings. The number of carbonyl (C=O) groups is 3. The fourth-order valence-corrected chi connectivity index (χ4v) is 11.7. The van der Waals surface area contributed by atoms with Crippen LogP contribution in [0.2, 0.25) is 0 Å². The Bertz CT molecular complexity index is 1260. The molecule has 6 heteroatoms. The highest BCUT2D eigenvalue weighted by Crippen LogP contribution is 2.20. The zero-order chi connectivity index (χ0) is 58.5. The lowest BCUT2D eigenvalue weighted by molar-refractivity contribution is -0.167. The smallest absolute Gasteiger partial charge is 0.306 e. The highest BCUT2D eigenvalue weighted by molar-refractivity contribution is 5.71. The predicted molar refractivity (Wildman–Crippen MR) is 353 cm³/mol. The zero-order valence-electron chi connectivity index (χ0n) is 55.4. The third kappa shape index (κ3) is 68.8. The normalized spacial score (nSPS) is 12.0. The van der Waals surface area contributed by atoms with Gasteiger partial charge in [0.25, 0.3) is 0 Å². The Morgan fingerprint density at radius 3 is 0.617 bits per heavy atom. The molecule has 81 heavy (non-hydrogen) atoms. The molecule has 480 valence electrons. The molecule has 0 heterocycles. The largest absolute Gasteiger partial charge is 0.462 e. The van der Waals surface area contributed by atoms with Gasteiger partial charge in [-0.2, -0.15) is 0 Å². The van der Waals surface area contributed by atoms with Gasteiger partial charge in [0.1, 0.15) is 13.2 Å². The van der Waals surface area contributed by atoms with Crippen LogP contribution in [0, 0.1) is 0 Å². The second kappa shape index (κ2) is 70.6. The van der Waals surface area contributed by atoms with Gasteiger partial charge >= 0.3 is 17.9 Å². The maximum atomic E-state index is 12.9. The molecule has 0 aromatic carbocycles. The van der Waals surface area contributed by atoms with Crippen LogP contribution in [0.15, 0.2) is 12.2 Å². The predicted octanol–water partition coefficient (Wildman–Crippen LogP) is 25.6. The third-order valence-electron chi connectivity index (χ3n) is 17.3. The van der Waals surface area contributed by atoms with Gasteiger partial charge in [-0.15, -0.1) is 0 Å². The molecule has 0 rings (SSSR count). The van der Waals surface area contributed by atoms with E-state index < -0.39 is 6.10 Å². The van der Waals surface area contributed by atoms with E-state index in [0.29, 0.717) is 19.3 Å². The van der Waals surface area contributed by atoms with Crippen LogP contribution in [-0.4, -0.2) is 37.2 Å². The standard InChI is InChI=1S/C75H144O6/c1-4-7-10-13-16-19-22-25-27-29-31-32-33-34-35-36-37-38-39-40-41-42-44-45-47-50-53-56-59-62-65-68-74(77)80-71-72(70-79-73(76)67-64-61-58-55-52-49-24-21-18-15-12-9-6-3)81-75(78)69-66-63-60-57-54-51-48-46-43-30-28-26-23-20-17-14-11-8-5-2/h26,28,72H,4-25,27,29-71H2,1-3H3/b28-26-. The number of ether oxygens (including phenoxy) is 3. The molecule has 1 unspecified atom stereocenters. The van der Waals surface area contributed by atoms with Crippen molar-refractivity contribution in [3.05, 3.63) is 12.2 Å². The summed E-state index contributed by atoms with van der Waals surface area (Å²) in [5, 5.41) is 0. The van der Waals surface area contributed by atoms with Crippen molar-refractivity contribution >= 4 is 17.9 Å². The first-order valence-corrected chi connectivity index (χ1v) is 37.2. The van der Waals surface area contributed by atoms with E-state index in [1.165, 1.54) is 334 Å². The number of esters is 3. The Labute approximate surface area is 507 Å². The van der Waals surface area contributed by atoms with E-state index >= 15 is 0 Å². The summed E-state index contributed by atoms with van der Waals surface area (Å²) in [6, 6.07) is 0. The summed E-state index contributed by atoms with van der Waals surface area (Å²) < 4.78 is 17.0. The molecule has 0 aliphatic heterocycles. The van der Waals surface area contributed by atoms with Gasteiger partial charge in [0, 0.05) is 19.3 Å². The Hall–Kier alpha value is -1.85. The van der Waals surface area contributed by atoms with E-state index in [1.54, 1.807) is 0 Å². The maximum Gasteiger partial charge on any atom is 0.306 e. The molecule has 0 saturated heterocycles. The van der Waals surface area contributed by atoms with Crippen molar-refractivity contribution in [2.75, 3.05) is 13.2 Å². The number of carbonyl (C=O) groups excluding carboxylic acids is 3. The van der Waals surface area contributed by atoms with Crippen LogP contribution in [0.5, 0.6) is 0 Å². The van der Waals surface area contributed by atoms with Crippen molar-refractivity contribution in [1.82, 2.24) is 0 Å². The van der Waals surface area contributed by atoms with Gasteiger partial charge in [-0.3, -0.25) is 14.4 Å². The highest BCUT2D eigenvalue weighted by atomic mass is 16.6. The SMILES string of the molecule is CCCCCCCC/C=C\CCCCCCCCCCCC(=O)OC(COC(=O)CCCCCCCCCCCCCCC)COC(=O)CCCCCCCCCCCCCCCCCCCCCCCCCCCCCCCCC. The lowest BCUT2D eigenvalue weighted by Crippen LogP contribution is -2.30. The molecular weight excluding hydrogens is 997 g/mol. The van der Waals surface area contributed by atoms with Crippen LogP contribution in [0.3, 0.4) is 0 Å². The lowest BCUT2D eigenvalue weighted by atomic mass is 10.0. The highest BCUT2D eigenvalue weighted by Gasteiger charge is 2.20. The van der Waals surface area contributed by atoms with Crippen LogP contribution in [-0.2, 0) is 28.6 Å². The minimum atomic E-state index is -0.767. The second-order valence-electron chi connectivity index (χ2n) is 25.6. The van der Waals surface area contributed by atoms with E-state index in [1.807, 2.05) is 0 Å². The minimum Gasteiger partial charge on any atom is -0.462 e. The van der Waals surface area contributed by atoms with E-state index in [9.17, 15) is 14.4 Å². The summed E-state index contributed by atoms with van der Waals surface area (Å²) in [5.41, 5.74) is 0. The van der Waals surface area contributed by atoms with Crippen LogP contribution in [0.4, 0.5) is 0 Å². The van der Waals surface area contributed by atoms with Crippen LogP contribution in [0.1, 0.15) is 432 Å². The topological polar surface area (TPSA) is 78.9 Å². The quantitative estimate of drug-likeness (QED) is 0.0261. The van der Waals surface area contributed by atoms with Crippen molar-refractivity contribution < 1.29 is 28.6 Å². The van der Waals surface area contributed by atoms with Gasteiger partial charge in [-0.25, -0.2) is 0 Å². The number of hydrogen-bond acceptors (Lipinski definition) is 6. The molecule has 0 radical (unpaired) electrons. The number of allylic oxidation sites excluding steroid dienone is 2. The summed E-state index contributed by atoms with van der Waals surface area (Å²) in [4.78, 5) is 38.4. The second-order valence-corrected chi connectivity index (χ2v) is 25.6. The van der Waals surface area contributed by atoms with E-state index in [-0.39, 0.29) is 31.1 Å². The molecule has 0 fully saturated rings. The van der Waals surface area contributed by atoms with Crippen molar-refractivity contribution in [2.24, 2.45) is 0 Å². The molecule has 0 spiro atoms. The summed E-state index contributed by atoms with van der Waals surface area (Å²) in [6.45, 7) is 6.73. The first-order valence-electron chi connectivity index (χ1n) is 37.2. The Balaban J connectivity index is 4.12. The van der Waals surface area contributed by atoms with Crippen molar-refractivity contribution in [1.29, 1.82) is 0 Å². The number of unbranched alkanes of at least 4 members (excludes halogenated alkanes) is 57. The molecule has 0 aromatic heterocycles. The van der Waals surface area contributed by atoms with Gasteiger partial charge in [0.05, 0.1) is 0 Å². The molecule has 0 amide bonds. The Morgan fingerprint density at radius 2 is 0.407 bits per heavy atom. The molecule has 0 aliphatic carbocycles. The average Bonchev–Trinajstić information content (AvgIpc) is 3.46.